The topological polar surface area (TPSA) is 84.2 Å². The fraction of sp³-hybridized carbons (Fsp3) is 0. The van der Waals surface area contributed by atoms with E-state index in [9.17, 15) is 0 Å². The van der Waals surface area contributed by atoms with E-state index in [0.717, 1.165) is 82.4 Å². The van der Waals surface area contributed by atoms with Gasteiger partial charge < -0.3 is 9.13 Å². The molecule has 7 aromatic heterocycles. The first kappa shape index (κ1) is 34.7. The predicted octanol–water partition coefficient (Wildman–Crippen LogP) is 12.7. The molecule has 0 atom stereocenters. The van der Waals surface area contributed by atoms with E-state index in [1.807, 2.05) is 24.8 Å². The van der Waals surface area contributed by atoms with Crippen LogP contribution in [0.1, 0.15) is 0 Å². The number of nitrogens with zero attached hydrogens (tertiary/aromatic N) is 9. The maximum absolute atomic E-state index is 5.42. The van der Waals surface area contributed by atoms with Crippen molar-refractivity contribution < 1.29 is 0 Å². The summed E-state index contributed by atoms with van der Waals surface area (Å²) in [6, 6.07) is 62.1. The first-order valence-electron chi connectivity index (χ1n) is 21.3. The van der Waals surface area contributed by atoms with Crippen LogP contribution in [-0.4, -0.2) is 43.2 Å². The van der Waals surface area contributed by atoms with Crippen molar-refractivity contribution in [2.45, 2.75) is 0 Å². The Morgan fingerprint density at radius 3 is 1.23 bits per heavy atom. The smallest absolute Gasteiger partial charge is 0.240 e. The SMILES string of the molecule is c1ccc(-n2c3ccccc3c3cc(-n4c5ccccc5c5ccccc54)ccc32)c(-c2nc(-n3c4ccccc4c4ccncc43)nc(-n3c4ccccc4c4ccncc43)n2)c1. The number of hydrogen-bond acceptors (Lipinski definition) is 5. The molecule has 0 aliphatic heterocycles. The van der Waals surface area contributed by atoms with Crippen molar-refractivity contribution in [3.05, 3.63) is 201 Å². The van der Waals surface area contributed by atoms with Crippen molar-refractivity contribution in [1.82, 2.24) is 43.2 Å². The van der Waals surface area contributed by atoms with Crippen LogP contribution < -0.4 is 0 Å². The molecule has 64 heavy (non-hydrogen) atoms. The second-order valence-electron chi connectivity index (χ2n) is 16.2. The average Bonchev–Trinajstić information content (AvgIpc) is 4.09. The number of hydrogen-bond donors (Lipinski definition) is 0. The van der Waals surface area contributed by atoms with Crippen molar-refractivity contribution >= 4 is 87.2 Å². The van der Waals surface area contributed by atoms with Gasteiger partial charge in [-0.2, -0.15) is 15.0 Å². The average molecular weight is 820 g/mol. The highest BCUT2D eigenvalue weighted by Crippen LogP contribution is 2.40. The Hall–Kier alpha value is -8.95. The zero-order valence-corrected chi connectivity index (χ0v) is 34.1. The lowest BCUT2D eigenvalue weighted by Crippen LogP contribution is -2.11. The Morgan fingerprint density at radius 2 is 0.703 bits per heavy atom. The van der Waals surface area contributed by atoms with Gasteiger partial charge in [0.15, 0.2) is 5.82 Å². The van der Waals surface area contributed by atoms with Crippen LogP contribution in [0.2, 0.25) is 0 Å². The monoisotopic (exact) mass is 819 g/mol. The summed E-state index contributed by atoms with van der Waals surface area (Å²) in [7, 11) is 0. The first-order chi connectivity index (χ1) is 31.8. The van der Waals surface area contributed by atoms with Gasteiger partial charge in [0.1, 0.15) is 0 Å². The summed E-state index contributed by atoms with van der Waals surface area (Å²) in [6.07, 6.45) is 7.45. The Labute approximate surface area is 364 Å². The summed E-state index contributed by atoms with van der Waals surface area (Å²) in [5, 5.41) is 9.10. The summed E-state index contributed by atoms with van der Waals surface area (Å²) in [4.78, 5) is 25.3. The first-order valence-corrected chi connectivity index (χ1v) is 21.3. The van der Waals surface area contributed by atoms with Crippen LogP contribution in [0.5, 0.6) is 0 Å². The molecule has 0 amide bonds. The van der Waals surface area contributed by atoms with E-state index in [0.29, 0.717) is 17.7 Å². The highest BCUT2D eigenvalue weighted by atomic mass is 15.3. The van der Waals surface area contributed by atoms with Gasteiger partial charge in [0.2, 0.25) is 11.9 Å². The molecule has 9 heteroatoms. The standard InChI is InChI=1S/C55H33N9/c1-7-19-44-35(13-1)36-14-2-8-20-45(36)61(44)34-25-26-50-43(31-34)39-17-5-9-21-46(39)62(50)49-24-12-6-18-42(49)53-58-54(63-47-22-10-3-15-37(47)40-27-29-56-32-51(40)63)60-55(59-53)64-48-23-11-4-16-38(48)41-28-30-57-33-52(41)64/h1-33H. The van der Waals surface area contributed by atoms with Gasteiger partial charge in [-0.15, -0.1) is 0 Å². The molecule has 0 aliphatic rings. The highest BCUT2D eigenvalue weighted by Gasteiger charge is 2.24. The van der Waals surface area contributed by atoms with Crippen LogP contribution in [0.15, 0.2) is 201 Å². The third kappa shape index (κ3) is 4.86. The molecule has 0 unspecified atom stereocenters. The number of aromatic nitrogens is 9. The Morgan fingerprint density at radius 1 is 0.297 bits per heavy atom. The molecule has 0 saturated heterocycles. The minimum Gasteiger partial charge on any atom is -0.309 e. The van der Waals surface area contributed by atoms with E-state index < -0.39 is 0 Å². The van der Waals surface area contributed by atoms with Gasteiger partial charge >= 0.3 is 0 Å². The summed E-state index contributed by atoms with van der Waals surface area (Å²) in [5.41, 5.74) is 11.2. The maximum Gasteiger partial charge on any atom is 0.240 e. The second-order valence-corrected chi connectivity index (χ2v) is 16.2. The third-order valence-electron chi connectivity index (χ3n) is 12.8. The number of para-hydroxylation sites is 6. The molecule has 0 aliphatic carbocycles. The Kier molecular flexibility index (Phi) is 7.20. The van der Waals surface area contributed by atoms with Crippen molar-refractivity contribution in [2.24, 2.45) is 0 Å². The molecule has 9 nitrogen and oxygen atoms in total. The molecule has 0 saturated carbocycles. The fourth-order valence-electron chi connectivity index (χ4n) is 10.2. The summed E-state index contributed by atoms with van der Waals surface area (Å²) >= 11 is 0. The lowest BCUT2D eigenvalue weighted by molar-refractivity contribution is 0.890. The molecule has 0 N–H and O–H groups in total. The van der Waals surface area contributed by atoms with E-state index in [4.69, 9.17) is 15.0 Å². The molecule has 0 spiro atoms. The van der Waals surface area contributed by atoms with E-state index >= 15 is 0 Å². The van der Waals surface area contributed by atoms with E-state index in [1.165, 1.54) is 21.8 Å². The zero-order valence-electron chi connectivity index (χ0n) is 34.1. The van der Waals surface area contributed by atoms with Crippen LogP contribution in [0.4, 0.5) is 0 Å². The van der Waals surface area contributed by atoms with Crippen LogP contribution in [-0.2, 0) is 0 Å². The van der Waals surface area contributed by atoms with Crippen molar-refractivity contribution in [1.29, 1.82) is 0 Å². The van der Waals surface area contributed by atoms with Gasteiger partial charge in [0, 0.05) is 66.7 Å². The maximum atomic E-state index is 5.42. The minimum absolute atomic E-state index is 0.488. The lowest BCUT2D eigenvalue weighted by atomic mass is 10.1. The molecule has 0 bridgehead atoms. The van der Waals surface area contributed by atoms with Crippen molar-refractivity contribution in [2.75, 3.05) is 0 Å². The third-order valence-corrected chi connectivity index (χ3v) is 12.8. The van der Waals surface area contributed by atoms with Crippen LogP contribution >= 0.6 is 0 Å². The van der Waals surface area contributed by atoms with Gasteiger partial charge in [-0.25, -0.2) is 0 Å². The lowest BCUT2D eigenvalue weighted by Gasteiger charge is -2.16. The molecular formula is C55H33N9. The minimum atomic E-state index is 0.488. The number of benzene rings is 7. The normalized spacial score (nSPS) is 12.1. The van der Waals surface area contributed by atoms with Crippen molar-refractivity contribution in [3.63, 3.8) is 0 Å². The Bertz CT molecular complexity index is 3930. The van der Waals surface area contributed by atoms with Gasteiger partial charge in [-0.1, -0.05) is 103 Å². The van der Waals surface area contributed by atoms with Crippen molar-refractivity contribution in [3.8, 4) is 34.7 Å². The molecule has 14 aromatic rings. The second kappa shape index (κ2) is 13.3. The van der Waals surface area contributed by atoms with Gasteiger partial charge in [0.25, 0.3) is 0 Å². The van der Waals surface area contributed by atoms with Crippen LogP contribution in [0.3, 0.4) is 0 Å². The molecular weight excluding hydrogens is 787 g/mol. The van der Waals surface area contributed by atoms with E-state index in [-0.39, 0.29) is 0 Å². The van der Waals surface area contributed by atoms with E-state index in [2.05, 4.69) is 204 Å². The fourth-order valence-corrected chi connectivity index (χ4v) is 10.2. The zero-order chi connectivity index (χ0) is 41.9. The van der Waals surface area contributed by atoms with Crippen LogP contribution in [0, 0.1) is 0 Å². The van der Waals surface area contributed by atoms with E-state index in [1.54, 1.807) is 0 Å². The molecule has 298 valence electrons. The Balaban J connectivity index is 1.05. The van der Waals surface area contributed by atoms with Gasteiger partial charge in [0.05, 0.1) is 62.2 Å². The predicted molar refractivity (Wildman–Crippen MR) is 258 cm³/mol. The van der Waals surface area contributed by atoms with Crippen LogP contribution in [0.25, 0.3) is 122 Å². The largest absolute Gasteiger partial charge is 0.309 e. The molecule has 0 fully saturated rings. The number of rotatable bonds is 5. The molecule has 0 radical (unpaired) electrons. The quantitative estimate of drug-likeness (QED) is 0.173. The summed E-state index contributed by atoms with van der Waals surface area (Å²) in [5.74, 6) is 1.51. The molecule has 7 heterocycles. The number of pyridine rings is 2. The molecule has 14 rings (SSSR count). The van der Waals surface area contributed by atoms with Gasteiger partial charge in [-0.05, 0) is 72.8 Å². The summed E-state index contributed by atoms with van der Waals surface area (Å²) in [6.45, 7) is 0. The number of fused-ring (bicyclic) bond motifs is 12. The molecule has 7 aromatic carbocycles. The summed E-state index contributed by atoms with van der Waals surface area (Å²) < 4.78 is 8.95. The highest BCUT2D eigenvalue weighted by molar-refractivity contribution is 6.13. The van der Waals surface area contributed by atoms with Gasteiger partial charge in [-0.3, -0.25) is 19.1 Å².